The van der Waals surface area contributed by atoms with E-state index in [0.29, 0.717) is 10.6 Å². The zero-order valence-corrected chi connectivity index (χ0v) is 8.65. The van der Waals surface area contributed by atoms with E-state index in [1.807, 2.05) is 0 Å². The highest BCUT2D eigenvalue weighted by Gasteiger charge is 2.13. The molecule has 76 valence electrons. The summed E-state index contributed by atoms with van der Waals surface area (Å²) >= 11 is 5.66. The second-order valence-corrected chi connectivity index (χ2v) is 3.01. The molecule has 0 heterocycles. The third-order valence-electron chi connectivity index (χ3n) is 1.61. The highest BCUT2D eigenvalue weighted by Crippen LogP contribution is 2.10. The van der Waals surface area contributed by atoms with Crippen LogP contribution in [0.25, 0.3) is 0 Å². The van der Waals surface area contributed by atoms with Crippen LogP contribution >= 0.6 is 11.6 Å². The van der Waals surface area contributed by atoms with Crippen molar-refractivity contribution >= 4 is 23.1 Å². The van der Waals surface area contributed by atoms with Crippen molar-refractivity contribution < 1.29 is 9.63 Å². The average Bonchev–Trinajstić information content (AvgIpc) is 2.26. The Morgan fingerprint density at radius 1 is 1.47 bits per heavy atom. The molecule has 0 aliphatic carbocycles. The van der Waals surface area contributed by atoms with Gasteiger partial charge >= 0.3 is 0 Å². The number of Topliss-reactive ketones (excluding diaryl/α,β-unsaturated/α-hetero) is 1. The molecule has 0 spiro atoms. The lowest BCUT2D eigenvalue weighted by molar-refractivity contribution is 0.106. The Labute approximate surface area is 91.7 Å². The molecule has 1 rings (SSSR count). The number of nitrogens with zero attached hydrogens (tertiary/aromatic N) is 2. The first-order valence-electron chi connectivity index (χ1n) is 4.00. The van der Waals surface area contributed by atoms with E-state index in [1.54, 1.807) is 18.2 Å². The van der Waals surface area contributed by atoms with E-state index in [1.165, 1.54) is 19.2 Å². The molecule has 0 radical (unpaired) electrons. The molecule has 0 amide bonds. The van der Waals surface area contributed by atoms with Crippen LogP contribution in [0.2, 0.25) is 5.02 Å². The second kappa shape index (κ2) is 5.13. The van der Waals surface area contributed by atoms with Crippen molar-refractivity contribution in [3.63, 3.8) is 0 Å². The van der Waals surface area contributed by atoms with E-state index < -0.39 is 5.78 Å². The summed E-state index contributed by atoms with van der Waals surface area (Å²) in [5.74, 6) is -0.490. The normalized spacial score (nSPS) is 10.6. The minimum atomic E-state index is -0.490. The van der Waals surface area contributed by atoms with Crippen LogP contribution in [0.3, 0.4) is 0 Å². The van der Waals surface area contributed by atoms with Gasteiger partial charge in [0, 0.05) is 10.6 Å². The van der Waals surface area contributed by atoms with Crippen LogP contribution in [-0.4, -0.2) is 18.6 Å². The van der Waals surface area contributed by atoms with Crippen LogP contribution in [0.5, 0.6) is 0 Å². The van der Waals surface area contributed by atoms with Gasteiger partial charge in [0.2, 0.25) is 11.5 Å². The quantitative estimate of drug-likeness (QED) is 0.447. The maximum absolute atomic E-state index is 11.6. The van der Waals surface area contributed by atoms with Gasteiger partial charge in [0.1, 0.15) is 13.2 Å². The molecule has 15 heavy (non-hydrogen) atoms. The van der Waals surface area contributed by atoms with E-state index >= 15 is 0 Å². The number of oxime groups is 1. The van der Waals surface area contributed by atoms with Crippen LogP contribution in [0.4, 0.5) is 0 Å². The Hall–Kier alpha value is -1.86. The summed E-state index contributed by atoms with van der Waals surface area (Å²) in [6, 6.07) is 7.83. The van der Waals surface area contributed by atoms with Crippen molar-refractivity contribution in [2.75, 3.05) is 7.11 Å². The van der Waals surface area contributed by atoms with Crippen molar-refractivity contribution in [1.82, 2.24) is 0 Å². The molecule has 0 aliphatic heterocycles. The minimum absolute atomic E-state index is 0.292. The number of carbonyl (C=O) groups is 1. The van der Waals surface area contributed by atoms with Crippen molar-refractivity contribution in [1.29, 1.82) is 5.26 Å². The number of hydrogen-bond donors (Lipinski definition) is 0. The average molecular weight is 223 g/mol. The first-order valence-corrected chi connectivity index (χ1v) is 4.38. The van der Waals surface area contributed by atoms with Gasteiger partial charge in [0.25, 0.3) is 0 Å². The Kier molecular flexibility index (Phi) is 3.83. The SMILES string of the molecule is CO/N=C(\C#N)C(=O)c1ccc(Cl)cc1. The van der Waals surface area contributed by atoms with Crippen molar-refractivity contribution in [2.45, 2.75) is 0 Å². The molecule has 0 aromatic heterocycles. The summed E-state index contributed by atoms with van der Waals surface area (Å²) in [5.41, 5.74) is 0.0524. The Morgan fingerprint density at radius 3 is 2.53 bits per heavy atom. The number of ketones is 1. The molecule has 4 nitrogen and oxygen atoms in total. The molecular formula is C10H7ClN2O2. The van der Waals surface area contributed by atoms with Gasteiger partial charge in [-0.15, -0.1) is 0 Å². The van der Waals surface area contributed by atoms with Gasteiger partial charge in [-0.05, 0) is 24.3 Å². The van der Waals surface area contributed by atoms with E-state index in [9.17, 15) is 4.79 Å². The highest BCUT2D eigenvalue weighted by atomic mass is 35.5. The lowest BCUT2D eigenvalue weighted by Crippen LogP contribution is -2.12. The number of halogens is 1. The zero-order valence-electron chi connectivity index (χ0n) is 7.90. The van der Waals surface area contributed by atoms with Crippen LogP contribution in [0, 0.1) is 11.3 Å². The summed E-state index contributed by atoms with van der Waals surface area (Å²) in [7, 11) is 1.27. The van der Waals surface area contributed by atoms with E-state index in [4.69, 9.17) is 16.9 Å². The zero-order chi connectivity index (χ0) is 11.3. The van der Waals surface area contributed by atoms with Crippen LogP contribution in [0.15, 0.2) is 29.4 Å². The molecule has 1 aromatic rings. The third-order valence-corrected chi connectivity index (χ3v) is 1.86. The molecule has 0 fully saturated rings. The largest absolute Gasteiger partial charge is 0.398 e. The van der Waals surface area contributed by atoms with Crippen molar-refractivity contribution in [3.8, 4) is 6.07 Å². The molecule has 1 aromatic carbocycles. The number of nitriles is 1. The lowest BCUT2D eigenvalue weighted by atomic mass is 10.1. The molecule has 0 bridgehead atoms. The summed E-state index contributed by atoms with van der Waals surface area (Å²) in [5, 5.41) is 12.5. The maximum Gasteiger partial charge on any atom is 0.227 e. The van der Waals surface area contributed by atoms with E-state index in [-0.39, 0.29) is 5.71 Å². The second-order valence-electron chi connectivity index (χ2n) is 2.57. The van der Waals surface area contributed by atoms with Crippen LogP contribution < -0.4 is 0 Å². The topological polar surface area (TPSA) is 62.4 Å². The molecule has 0 atom stereocenters. The monoisotopic (exact) mass is 222 g/mol. The predicted octanol–water partition coefficient (Wildman–Crippen LogP) is 2.05. The van der Waals surface area contributed by atoms with Crippen molar-refractivity contribution in [2.24, 2.45) is 5.16 Å². The van der Waals surface area contributed by atoms with Gasteiger partial charge in [0.05, 0.1) is 0 Å². The fourth-order valence-electron chi connectivity index (χ4n) is 0.942. The standard InChI is InChI=1S/C10H7ClN2O2/c1-15-13-9(6-12)10(14)7-2-4-8(11)5-3-7/h2-5H,1H3/b13-9+. The van der Waals surface area contributed by atoms with Crippen LogP contribution in [-0.2, 0) is 4.84 Å². The first-order chi connectivity index (χ1) is 7.19. The molecule has 5 heteroatoms. The van der Waals surface area contributed by atoms with Gasteiger partial charge in [-0.3, -0.25) is 4.79 Å². The molecular weight excluding hydrogens is 216 g/mol. The number of carbonyl (C=O) groups excluding carboxylic acids is 1. The predicted molar refractivity (Wildman–Crippen MR) is 55.8 cm³/mol. The van der Waals surface area contributed by atoms with E-state index in [0.717, 1.165) is 0 Å². The van der Waals surface area contributed by atoms with E-state index in [2.05, 4.69) is 9.99 Å². The number of benzene rings is 1. The maximum atomic E-state index is 11.6. The number of hydrogen-bond acceptors (Lipinski definition) is 4. The molecule has 0 unspecified atom stereocenters. The summed E-state index contributed by atoms with van der Waals surface area (Å²) in [6.45, 7) is 0. The third kappa shape index (κ3) is 2.79. The van der Waals surface area contributed by atoms with Gasteiger partial charge in [-0.25, -0.2) is 0 Å². The first kappa shape index (κ1) is 11.2. The van der Waals surface area contributed by atoms with Gasteiger partial charge in [-0.2, -0.15) is 5.26 Å². The molecule has 0 saturated heterocycles. The Bertz CT molecular complexity index is 432. The van der Waals surface area contributed by atoms with Crippen LogP contribution in [0.1, 0.15) is 10.4 Å². The lowest BCUT2D eigenvalue weighted by Gasteiger charge is -1.97. The summed E-state index contributed by atoms with van der Waals surface area (Å²) in [4.78, 5) is 16.0. The Balaban J connectivity index is 3.00. The fraction of sp³-hybridized carbons (Fsp3) is 0.100. The molecule has 0 aliphatic rings. The minimum Gasteiger partial charge on any atom is -0.398 e. The Morgan fingerprint density at radius 2 is 2.07 bits per heavy atom. The smallest absolute Gasteiger partial charge is 0.227 e. The van der Waals surface area contributed by atoms with Gasteiger partial charge in [-0.1, -0.05) is 16.8 Å². The van der Waals surface area contributed by atoms with Gasteiger partial charge < -0.3 is 4.84 Å². The molecule has 0 N–H and O–H groups in total. The fourth-order valence-corrected chi connectivity index (χ4v) is 1.07. The number of rotatable bonds is 3. The summed E-state index contributed by atoms with van der Waals surface area (Å²) < 4.78 is 0. The molecule has 0 saturated carbocycles. The van der Waals surface area contributed by atoms with Crippen molar-refractivity contribution in [3.05, 3.63) is 34.9 Å². The summed E-state index contributed by atoms with van der Waals surface area (Å²) in [6.07, 6.45) is 0. The van der Waals surface area contributed by atoms with Gasteiger partial charge in [0.15, 0.2) is 0 Å². The highest BCUT2D eigenvalue weighted by molar-refractivity contribution is 6.51.